The number of benzene rings is 1. The Morgan fingerprint density at radius 3 is 2.43 bits per heavy atom. The van der Waals surface area contributed by atoms with Crippen LogP contribution >= 0.6 is 0 Å². The average molecular weight is 287 g/mol. The minimum absolute atomic E-state index is 0.253. The first-order valence-electron chi connectivity index (χ1n) is 7.85. The van der Waals surface area contributed by atoms with Gasteiger partial charge in [-0.25, -0.2) is 0 Å². The Kier molecular flexibility index (Phi) is 4.29. The van der Waals surface area contributed by atoms with E-state index >= 15 is 0 Å². The van der Waals surface area contributed by atoms with Crippen LogP contribution in [0.25, 0.3) is 11.0 Å². The quantitative estimate of drug-likeness (QED) is 0.938. The maximum absolute atomic E-state index is 6.08. The van der Waals surface area contributed by atoms with E-state index < -0.39 is 0 Å². The molecule has 2 heterocycles. The van der Waals surface area contributed by atoms with E-state index in [0.717, 1.165) is 31.8 Å². The van der Waals surface area contributed by atoms with E-state index in [1.807, 2.05) is 18.4 Å². The third-order valence-corrected chi connectivity index (χ3v) is 4.61. The molecule has 1 aliphatic heterocycles. The average Bonchev–Trinajstić information content (AvgIpc) is 2.93. The standard InChI is InChI=1S/C17H25N3O/c1-13(2)19-7-9-20(10-8-19)16(11-18)15-12-21-17-6-4-3-5-14(15)17/h3-6,12-13,16H,7-11,18H2,1-2H3. The molecule has 0 radical (unpaired) electrons. The number of nitrogens with two attached hydrogens (primary N) is 1. The molecule has 0 spiro atoms. The summed E-state index contributed by atoms with van der Waals surface area (Å²) in [6.45, 7) is 9.53. The molecule has 3 rings (SSSR count). The third kappa shape index (κ3) is 2.84. The van der Waals surface area contributed by atoms with E-state index in [1.54, 1.807) is 0 Å². The summed E-state index contributed by atoms with van der Waals surface area (Å²) in [4.78, 5) is 5.02. The van der Waals surface area contributed by atoms with Gasteiger partial charge in [0.25, 0.3) is 0 Å². The van der Waals surface area contributed by atoms with Crippen molar-refractivity contribution < 1.29 is 4.42 Å². The third-order valence-electron chi connectivity index (χ3n) is 4.61. The van der Waals surface area contributed by atoms with Crippen LogP contribution in [0.15, 0.2) is 34.9 Å². The highest BCUT2D eigenvalue weighted by Crippen LogP contribution is 2.30. The van der Waals surface area contributed by atoms with E-state index in [-0.39, 0.29) is 6.04 Å². The van der Waals surface area contributed by atoms with E-state index in [2.05, 4.69) is 35.8 Å². The summed E-state index contributed by atoms with van der Waals surface area (Å²) in [5, 5.41) is 1.19. The number of piperazine rings is 1. The molecular formula is C17H25N3O. The monoisotopic (exact) mass is 287 g/mol. The van der Waals surface area contributed by atoms with Gasteiger partial charge in [-0.1, -0.05) is 18.2 Å². The van der Waals surface area contributed by atoms with Gasteiger partial charge in [-0.3, -0.25) is 9.80 Å². The lowest BCUT2D eigenvalue weighted by molar-refractivity contribution is 0.0804. The van der Waals surface area contributed by atoms with Crippen LogP contribution in [0.2, 0.25) is 0 Å². The lowest BCUT2D eigenvalue weighted by atomic mass is 10.0. The lowest BCUT2D eigenvalue weighted by Crippen LogP contribution is -2.50. The maximum atomic E-state index is 6.08. The first-order chi connectivity index (χ1) is 10.2. The highest BCUT2D eigenvalue weighted by atomic mass is 16.3. The van der Waals surface area contributed by atoms with Crippen molar-refractivity contribution in [3.8, 4) is 0 Å². The van der Waals surface area contributed by atoms with Gasteiger partial charge in [0.15, 0.2) is 0 Å². The van der Waals surface area contributed by atoms with Crippen LogP contribution in [0.3, 0.4) is 0 Å². The van der Waals surface area contributed by atoms with Crippen LogP contribution in [0, 0.1) is 0 Å². The van der Waals surface area contributed by atoms with Crippen LogP contribution in [-0.2, 0) is 0 Å². The minimum Gasteiger partial charge on any atom is -0.464 e. The molecular weight excluding hydrogens is 262 g/mol. The summed E-state index contributed by atoms with van der Waals surface area (Å²) >= 11 is 0. The fourth-order valence-electron chi connectivity index (χ4n) is 3.29. The molecule has 4 heteroatoms. The molecule has 0 saturated carbocycles. The first-order valence-corrected chi connectivity index (χ1v) is 7.85. The predicted molar refractivity (Wildman–Crippen MR) is 86.3 cm³/mol. The van der Waals surface area contributed by atoms with Gasteiger partial charge in [0.2, 0.25) is 0 Å². The van der Waals surface area contributed by atoms with Crippen LogP contribution in [0.4, 0.5) is 0 Å². The van der Waals surface area contributed by atoms with Gasteiger partial charge in [-0.2, -0.15) is 0 Å². The number of nitrogens with zero attached hydrogens (tertiary/aromatic N) is 2. The summed E-state index contributed by atoms with van der Waals surface area (Å²) in [5.41, 5.74) is 8.26. The Bertz CT molecular complexity index is 584. The Morgan fingerprint density at radius 1 is 1.10 bits per heavy atom. The maximum Gasteiger partial charge on any atom is 0.134 e. The van der Waals surface area contributed by atoms with Crippen molar-refractivity contribution in [3.63, 3.8) is 0 Å². The summed E-state index contributed by atoms with van der Waals surface area (Å²) < 4.78 is 5.69. The van der Waals surface area contributed by atoms with Gasteiger partial charge < -0.3 is 10.2 Å². The predicted octanol–water partition coefficient (Wildman–Crippen LogP) is 2.46. The molecule has 1 atom stereocenters. The van der Waals surface area contributed by atoms with E-state index in [9.17, 15) is 0 Å². The molecule has 21 heavy (non-hydrogen) atoms. The number of rotatable bonds is 4. The largest absolute Gasteiger partial charge is 0.464 e. The second-order valence-electron chi connectivity index (χ2n) is 6.10. The van der Waals surface area contributed by atoms with Gasteiger partial charge in [-0.15, -0.1) is 0 Å². The van der Waals surface area contributed by atoms with Crippen molar-refractivity contribution in [1.82, 2.24) is 9.80 Å². The molecule has 1 unspecified atom stereocenters. The normalized spacial score (nSPS) is 19.4. The number of hydrogen-bond donors (Lipinski definition) is 1. The molecule has 1 aliphatic rings. The van der Waals surface area contributed by atoms with Crippen LogP contribution in [0.5, 0.6) is 0 Å². The van der Waals surface area contributed by atoms with Crippen molar-refractivity contribution >= 4 is 11.0 Å². The number of hydrogen-bond acceptors (Lipinski definition) is 4. The zero-order valence-electron chi connectivity index (χ0n) is 13.0. The van der Waals surface area contributed by atoms with E-state index in [1.165, 1.54) is 10.9 Å². The SMILES string of the molecule is CC(C)N1CCN(C(CN)c2coc3ccccc23)CC1. The van der Waals surface area contributed by atoms with E-state index in [0.29, 0.717) is 12.6 Å². The van der Waals surface area contributed by atoms with Gasteiger partial charge in [0.1, 0.15) is 5.58 Å². The van der Waals surface area contributed by atoms with Crippen LogP contribution in [0.1, 0.15) is 25.5 Å². The molecule has 1 aromatic heterocycles. The van der Waals surface area contributed by atoms with Gasteiger partial charge in [0, 0.05) is 49.7 Å². The topological polar surface area (TPSA) is 45.6 Å². The van der Waals surface area contributed by atoms with Crippen molar-refractivity contribution in [2.45, 2.75) is 25.9 Å². The highest BCUT2D eigenvalue weighted by Gasteiger charge is 2.27. The second-order valence-corrected chi connectivity index (χ2v) is 6.10. The zero-order chi connectivity index (χ0) is 14.8. The van der Waals surface area contributed by atoms with Crippen LogP contribution in [-0.4, -0.2) is 48.6 Å². The molecule has 1 aromatic carbocycles. The Morgan fingerprint density at radius 2 is 1.76 bits per heavy atom. The fraction of sp³-hybridized carbons (Fsp3) is 0.529. The molecule has 0 bridgehead atoms. The first kappa shape index (κ1) is 14.6. The molecule has 0 amide bonds. The zero-order valence-corrected chi connectivity index (χ0v) is 13.0. The molecule has 1 saturated heterocycles. The fourth-order valence-corrected chi connectivity index (χ4v) is 3.29. The highest BCUT2D eigenvalue weighted by molar-refractivity contribution is 5.81. The molecule has 1 fully saturated rings. The Balaban J connectivity index is 1.80. The Hall–Kier alpha value is -1.36. The second kappa shape index (κ2) is 6.18. The lowest BCUT2D eigenvalue weighted by Gasteiger charge is -2.40. The molecule has 4 nitrogen and oxygen atoms in total. The number of furan rings is 1. The molecule has 0 aliphatic carbocycles. The van der Waals surface area contributed by atoms with Gasteiger partial charge in [0.05, 0.1) is 12.3 Å². The number of fused-ring (bicyclic) bond motifs is 1. The summed E-state index contributed by atoms with van der Waals surface area (Å²) in [5.74, 6) is 0. The molecule has 114 valence electrons. The van der Waals surface area contributed by atoms with Crippen molar-refractivity contribution in [1.29, 1.82) is 0 Å². The molecule has 2 aromatic rings. The summed E-state index contributed by atoms with van der Waals surface area (Å²) in [6.07, 6.45) is 1.89. The van der Waals surface area contributed by atoms with Gasteiger partial charge in [-0.05, 0) is 19.9 Å². The summed E-state index contributed by atoms with van der Waals surface area (Å²) in [6, 6.07) is 9.09. The smallest absolute Gasteiger partial charge is 0.134 e. The van der Waals surface area contributed by atoms with Crippen LogP contribution < -0.4 is 5.73 Å². The Labute approximate surface area is 126 Å². The van der Waals surface area contributed by atoms with Crippen molar-refractivity contribution in [2.75, 3.05) is 32.7 Å². The van der Waals surface area contributed by atoms with Crippen molar-refractivity contribution in [3.05, 3.63) is 36.1 Å². The molecule has 2 N–H and O–H groups in total. The number of para-hydroxylation sites is 1. The van der Waals surface area contributed by atoms with Gasteiger partial charge >= 0.3 is 0 Å². The minimum atomic E-state index is 0.253. The van der Waals surface area contributed by atoms with Crippen molar-refractivity contribution in [2.24, 2.45) is 5.73 Å². The van der Waals surface area contributed by atoms with E-state index in [4.69, 9.17) is 10.2 Å². The summed E-state index contributed by atoms with van der Waals surface area (Å²) in [7, 11) is 0.